The topological polar surface area (TPSA) is 83.9 Å². The van der Waals surface area contributed by atoms with Crippen molar-refractivity contribution in [1.82, 2.24) is 0 Å². The van der Waals surface area contributed by atoms with E-state index in [2.05, 4.69) is 0 Å². The van der Waals surface area contributed by atoms with Gasteiger partial charge in [-0.1, -0.05) is 18.2 Å². The average molecular weight is 509 g/mol. The van der Waals surface area contributed by atoms with Crippen molar-refractivity contribution in [3.8, 4) is 16.9 Å². The van der Waals surface area contributed by atoms with Crippen LogP contribution in [0.3, 0.4) is 0 Å². The van der Waals surface area contributed by atoms with Crippen molar-refractivity contribution >= 4 is 21.7 Å². The minimum Gasteiger partial charge on any atom is -0.497 e. The van der Waals surface area contributed by atoms with Crippen LogP contribution in [0.4, 0.5) is 23.2 Å². The summed E-state index contributed by atoms with van der Waals surface area (Å²) in [5.74, 6) is -1.61. The van der Waals surface area contributed by atoms with E-state index in [1.807, 2.05) is 0 Å². The van der Waals surface area contributed by atoms with Gasteiger partial charge in [0.15, 0.2) is 0 Å². The summed E-state index contributed by atoms with van der Waals surface area (Å²) < 4.78 is 86.8. The van der Waals surface area contributed by atoms with Crippen LogP contribution >= 0.6 is 0 Å². The van der Waals surface area contributed by atoms with Gasteiger partial charge in [0.05, 0.1) is 35.7 Å². The van der Waals surface area contributed by atoms with Gasteiger partial charge in [-0.2, -0.15) is 13.2 Å². The van der Waals surface area contributed by atoms with Gasteiger partial charge >= 0.3 is 12.1 Å². The second-order valence-electron chi connectivity index (χ2n) is 8.01. The number of sulfonamides is 1. The van der Waals surface area contributed by atoms with Gasteiger partial charge in [-0.15, -0.1) is 0 Å². The van der Waals surface area contributed by atoms with Gasteiger partial charge < -0.3 is 9.84 Å². The number of methoxy groups -OCH3 is 1. The molecule has 0 spiro atoms. The predicted octanol–water partition coefficient (Wildman–Crippen LogP) is 5.11. The van der Waals surface area contributed by atoms with Gasteiger partial charge in [0.25, 0.3) is 10.0 Å². The van der Waals surface area contributed by atoms with Crippen LogP contribution in [0.5, 0.6) is 5.75 Å². The predicted molar refractivity (Wildman–Crippen MR) is 119 cm³/mol. The Bertz CT molecular complexity index is 1410. The van der Waals surface area contributed by atoms with E-state index in [-0.39, 0.29) is 17.9 Å². The lowest BCUT2D eigenvalue weighted by Gasteiger charge is -2.26. The molecular weight excluding hydrogens is 490 g/mol. The summed E-state index contributed by atoms with van der Waals surface area (Å²) in [6.45, 7) is 0. The number of hydrogen-bond acceptors (Lipinski definition) is 4. The molecular formula is C24H19F4NO5S. The summed E-state index contributed by atoms with van der Waals surface area (Å²) in [6.07, 6.45) is -5.28. The van der Waals surface area contributed by atoms with Gasteiger partial charge in [-0.3, -0.25) is 9.10 Å². The SMILES string of the molecule is COc1cc(F)cc(-c2ccc3c(c2)N(S(=O)(=O)c2cccc(C(F)(F)F)c2)C(CC(=O)O)C3)c1. The first-order chi connectivity index (χ1) is 16.4. The van der Waals surface area contributed by atoms with Crippen LogP contribution in [0, 0.1) is 5.82 Å². The van der Waals surface area contributed by atoms with E-state index in [1.54, 1.807) is 18.2 Å². The molecule has 3 aromatic rings. The molecule has 0 fully saturated rings. The van der Waals surface area contributed by atoms with E-state index in [1.165, 1.54) is 25.3 Å². The minimum atomic E-state index is -4.77. The summed E-state index contributed by atoms with van der Waals surface area (Å²) >= 11 is 0. The number of aliphatic carboxylic acids is 1. The van der Waals surface area contributed by atoms with Crippen molar-refractivity contribution in [2.45, 2.75) is 30.0 Å². The normalized spacial score (nSPS) is 15.7. The molecule has 35 heavy (non-hydrogen) atoms. The molecule has 3 aromatic carbocycles. The number of nitrogens with zero attached hydrogens (tertiary/aromatic N) is 1. The molecule has 0 amide bonds. The fraction of sp³-hybridized carbons (Fsp3) is 0.208. The summed E-state index contributed by atoms with van der Waals surface area (Å²) in [5.41, 5.74) is 0.270. The summed E-state index contributed by atoms with van der Waals surface area (Å²) in [5, 5.41) is 9.35. The van der Waals surface area contributed by atoms with Crippen molar-refractivity contribution in [2.75, 3.05) is 11.4 Å². The summed E-state index contributed by atoms with van der Waals surface area (Å²) in [4.78, 5) is 10.9. The number of ether oxygens (including phenoxy) is 1. The first-order valence-electron chi connectivity index (χ1n) is 10.3. The van der Waals surface area contributed by atoms with Crippen molar-refractivity contribution in [2.24, 2.45) is 0 Å². The first-order valence-corrected chi connectivity index (χ1v) is 11.8. The monoisotopic (exact) mass is 509 g/mol. The highest BCUT2D eigenvalue weighted by Crippen LogP contribution is 2.41. The molecule has 4 rings (SSSR count). The molecule has 0 bridgehead atoms. The number of carbonyl (C=O) groups is 1. The molecule has 0 aromatic heterocycles. The molecule has 0 saturated heterocycles. The van der Waals surface area contributed by atoms with Crippen molar-refractivity contribution in [3.05, 3.63) is 77.6 Å². The van der Waals surface area contributed by atoms with Crippen LogP contribution in [0.1, 0.15) is 17.5 Å². The number of carboxylic acids is 1. The maximum Gasteiger partial charge on any atom is 0.416 e. The number of hydrogen-bond donors (Lipinski definition) is 1. The molecule has 1 atom stereocenters. The van der Waals surface area contributed by atoms with E-state index in [0.29, 0.717) is 22.8 Å². The molecule has 0 radical (unpaired) electrons. The smallest absolute Gasteiger partial charge is 0.416 e. The van der Waals surface area contributed by atoms with Gasteiger partial charge in [0.2, 0.25) is 0 Å². The number of benzene rings is 3. The van der Waals surface area contributed by atoms with E-state index in [4.69, 9.17) is 4.74 Å². The third-order valence-electron chi connectivity index (χ3n) is 5.68. The Morgan fingerprint density at radius 2 is 1.83 bits per heavy atom. The van der Waals surface area contributed by atoms with Crippen molar-refractivity contribution in [1.29, 1.82) is 0 Å². The standard InChI is InChI=1S/C24H19F4NO5S/c1-34-20-9-16(7-18(25)12-20)14-5-6-15-8-19(13-23(30)31)29(22(15)10-14)35(32,33)21-4-2-3-17(11-21)24(26,27)28/h2-7,9-12,19H,8,13H2,1H3,(H,30,31). The molecule has 1 unspecified atom stereocenters. The number of anilines is 1. The molecule has 1 N–H and O–H groups in total. The van der Waals surface area contributed by atoms with Crippen LogP contribution in [0.25, 0.3) is 11.1 Å². The van der Waals surface area contributed by atoms with E-state index < -0.39 is 50.9 Å². The number of rotatable bonds is 6. The maximum absolute atomic E-state index is 14.1. The Morgan fingerprint density at radius 1 is 1.09 bits per heavy atom. The summed E-state index contributed by atoms with van der Waals surface area (Å²) in [7, 11) is -3.22. The number of alkyl halides is 3. The largest absolute Gasteiger partial charge is 0.497 e. The molecule has 11 heteroatoms. The molecule has 184 valence electrons. The number of halogens is 4. The lowest BCUT2D eigenvalue weighted by molar-refractivity contribution is -0.138. The van der Waals surface area contributed by atoms with Gasteiger partial charge in [-0.05, 0) is 59.5 Å². The third-order valence-corrected chi connectivity index (χ3v) is 7.54. The quantitative estimate of drug-likeness (QED) is 0.467. The molecule has 1 aliphatic rings. The highest BCUT2D eigenvalue weighted by atomic mass is 32.2. The van der Waals surface area contributed by atoms with Gasteiger partial charge in [-0.25, -0.2) is 12.8 Å². The molecule has 0 aliphatic carbocycles. The lowest BCUT2D eigenvalue weighted by Crippen LogP contribution is -2.39. The fourth-order valence-electron chi connectivity index (χ4n) is 4.13. The second-order valence-corrected chi connectivity index (χ2v) is 9.82. The highest BCUT2D eigenvalue weighted by molar-refractivity contribution is 7.92. The zero-order valence-electron chi connectivity index (χ0n) is 18.2. The Hall–Kier alpha value is -3.60. The van der Waals surface area contributed by atoms with Crippen molar-refractivity contribution < 1.29 is 40.6 Å². The first kappa shape index (κ1) is 24.5. The van der Waals surface area contributed by atoms with E-state index in [9.17, 15) is 35.9 Å². The van der Waals surface area contributed by atoms with Crippen LogP contribution in [-0.4, -0.2) is 32.6 Å². The Labute approximate surface area is 198 Å². The minimum absolute atomic E-state index is 0.0482. The number of carboxylic acid groups (broad SMARTS) is 1. The second kappa shape index (κ2) is 8.88. The van der Waals surface area contributed by atoms with Crippen LogP contribution < -0.4 is 9.04 Å². The van der Waals surface area contributed by atoms with Crippen molar-refractivity contribution in [3.63, 3.8) is 0 Å². The van der Waals surface area contributed by atoms with Crippen LogP contribution in [-0.2, 0) is 27.4 Å². The molecule has 1 aliphatic heterocycles. The Balaban J connectivity index is 1.86. The lowest BCUT2D eigenvalue weighted by atomic mass is 10.0. The zero-order valence-corrected chi connectivity index (χ0v) is 19.0. The van der Waals surface area contributed by atoms with Crippen LogP contribution in [0.15, 0.2) is 65.6 Å². The molecule has 6 nitrogen and oxygen atoms in total. The highest BCUT2D eigenvalue weighted by Gasteiger charge is 2.41. The molecule has 0 saturated carbocycles. The van der Waals surface area contributed by atoms with E-state index >= 15 is 0 Å². The third kappa shape index (κ3) is 4.81. The Kier molecular flexibility index (Phi) is 6.22. The fourth-order valence-corrected chi connectivity index (χ4v) is 5.85. The number of fused-ring (bicyclic) bond motifs is 1. The summed E-state index contributed by atoms with van der Waals surface area (Å²) in [6, 6.07) is 10.8. The van der Waals surface area contributed by atoms with E-state index in [0.717, 1.165) is 22.5 Å². The zero-order chi connectivity index (χ0) is 25.5. The Morgan fingerprint density at radius 3 is 2.49 bits per heavy atom. The average Bonchev–Trinajstić information content (AvgIpc) is 3.15. The van der Waals surface area contributed by atoms with Gasteiger partial charge in [0, 0.05) is 6.07 Å². The van der Waals surface area contributed by atoms with Gasteiger partial charge in [0.1, 0.15) is 11.6 Å². The molecule has 1 heterocycles. The van der Waals surface area contributed by atoms with Crippen LogP contribution in [0.2, 0.25) is 0 Å². The maximum atomic E-state index is 14.1.